The fraction of sp³-hybridized carbons (Fsp3) is 0.692. The Bertz CT molecular complexity index is 718. The minimum atomic E-state index is -5.12. The second-order valence-electron chi connectivity index (χ2n) is 9.68. The second-order valence-corrected chi connectivity index (χ2v) is 9.68. The van der Waals surface area contributed by atoms with Crippen molar-refractivity contribution in [1.82, 2.24) is 0 Å². The van der Waals surface area contributed by atoms with Crippen LogP contribution in [0.3, 0.4) is 0 Å². The Morgan fingerprint density at radius 3 is 1.81 bits per heavy atom. The number of aryl methyl sites for hydroxylation is 1. The Kier molecular flexibility index (Phi) is 9.01. The fourth-order valence-electron chi connectivity index (χ4n) is 5.74. The average Bonchev–Trinajstić information content (AvgIpc) is 2.75. The van der Waals surface area contributed by atoms with E-state index in [0.29, 0.717) is 17.9 Å². The predicted molar refractivity (Wildman–Crippen MR) is 116 cm³/mol. The third-order valence-corrected chi connectivity index (χ3v) is 7.54. The first-order chi connectivity index (χ1) is 15.2. The summed E-state index contributed by atoms with van der Waals surface area (Å²) in [5.74, 6) is -0.939. The van der Waals surface area contributed by atoms with Gasteiger partial charge in [-0.05, 0) is 99.7 Å². The maximum atomic E-state index is 13.9. The summed E-state index contributed by atoms with van der Waals surface area (Å²) in [5.41, 5.74) is 0.382. The summed E-state index contributed by atoms with van der Waals surface area (Å²) in [5, 5.41) is 0. The minimum absolute atomic E-state index is 0.382. The third-order valence-electron chi connectivity index (χ3n) is 7.54. The Labute approximate surface area is 188 Å². The number of ether oxygens (including phenoxy) is 1. The van der Waals surface area contributed by atoms with Crippen molar-refractivity contribution in [1.29, 1.82) is 0 Å². The highest BCUT2D eigenvalue weighted by Crippen LogP contribution is 2.43. The zero-order valence-corrected chi connectivity index (χ0v) is 18.9. The van der Waals surface area contributed by atoms with Crippen LogP contribution in [0.2, 0.25) is 0 Å². The van der Waals surface area contributed by atoms with Gasteiger partial charge in [-0.1, -0.05) is 37.8 Å². The van der Waals surface area contributed by atoms with Crippen molar-refractivity contribution in [3.8, 4) is 5.75 Å². The van der Waals surface area contributed by atoms with E-state index in [-0.39, 0.29) is 0 Å². The Balaban J connectivity index is 1.40. The molecule has 2 aliphatic rings. The molecule has 2 aliphatic carbocycles. The first-order valence-electron chi connectivity index (χ1n) is 12.1. The molecule has 1 aromatic carbocycles. The predicted octanol–water partition coefficient (Wildman–Crippen LogP) is 8.77. The van der Waals surface area contributed by atoms with E-state index in [1.165, 1.54) is 51.4 Å². The molecule has 3 rings (SSSR count). The number of alkyl halides is 3. The number of rotatable bonds is 8. The van der Waals surface area contributed by atoms with Gasteiger partial charge >= 0.3 is 6.36 Å². The molecule has 2 saturated carbocycles. The number of hydrogen-bond donors (Lipinski definition) is 0. The fourth-order valence-corrected chi connectivity index (χ4v) is 5.74. The van der Waals surface area contributed by atoms with E-state index >= 15 is 0 Å². The molecule has 2 fully saturated rings. The summed E-state index contributed by atoms with van der Waals surface area (Å²) >= 11 is 0. The standard InChI is InChI=1S/C26H35F5O/c1-2-3-4-5-18-8-12-21(13-9-18)22-14-10-19(11-15-22)6-7-20-16-23(27)25(24(28)17-20)32-26(29,30)31/h2-3,16-19,21-22H,4-15H2,1H3. The van der Waals surface area contributed by atoms with Crippen LogP contribution in [0.1, 0.15) is 83.1 Å². The Morgan fingerprint density at radius 1 is 0.844 bits per heavy atom. The molecule has 0 spiro atoms. The van der Waals surface area contributed by atoms with E-state index in [1.807, 2.05) is 0 Å². The van der Waals surface area contributed by atoms with E-state index in [1.54, 1.807) is 0 Å². The van der Waals surface area contributed by atoms with Crippen molar-refractivity contribution in [2.24, 2.45) is 23.7 Å². The molecule has 1 aromatic rings. The van der Waals surface area contributed by atoms with Crippen molar-refractivity contribution < 1.29 is 26.7 Å². The largest absolute Gasteiger partial charge is 0.573 e. The van der Waals surface area contributed by atoms with Gasteiger partial charge in [-0.25, -0.2) is 8.78 Å². The Hall–Kier alpha value is -1.59. The summed E-state index contributed by atoms with van der Waals surface area (Å²) in [7, 11) is 0. The molecule has 0 radical (unpaired) electrons. The van der Waals surface area contributed by atoms with Gasteiger partial charge in [-0.2, -0.15) is 0 Å². The van der Waals surface area contributed by atoms with Crippen LogP contribution >= 0.6 is 0 Å². The second kappa shape index (κ2) is 11.5. The summed E-state index contributed by atoms with van der Waals surface area (Å²) in [6, 6.07) is 1.93. The zero-order chi connectivity index (χ0) is 23.1. The van der Waals surface area contributed by atoms with E-state index < -0.39 is 23.7 Å². The van der Waals surface area contributed by atoms with Gasteiger partial charge in [0.15, 0.2) is 11.6 Å². The number of benzene rings is 1. The van der Waals surface area contributed by atoms with E-state index in [9.17, 15) is 22.0 Å². The topological polar surface area (TPSA) is 9.23 Å². The molecular weight excluding hydrogens is 423 g/mol. The molecule has 6 heteroatoms. The summed E-state index contributed by atoms with van der Waals surface area (Å²) in [4.78, 5) is 0. The molecule has 0 saturated heterocycles. The maximum absolute atomic E-state index is 13.9. The van der Waals surface area contributed by atoms with Gasteiger partial charge in [0.1, 0.15) is 0 Å². The van der Waals surface area contributed by atoms with Crippen molar-refractivity contribution in [2.75, 3.05) is 0 Å². The van der Waals surface area contributed by atoms with Crippen LogP contribution in [0.5, 0.6) is 5.75 Å². The van der Waals surface area contributed by atoms with Crippen LogP contribution in [-0.2, 0) is 6.42 Å². The molecule has 0 aromatic heterocycles. The van der Waals surface area contributed by atoms with Gasteiger partial charge in [0.25, 0.3) is 0 Å². The molecule has 0 heterocycles. The Morgan fingerprint density at radius 2 is 1.34 bits per heavy atom. The highest BCUT2D eigenvalue weighted by atomic mass is 19.4. The molecule has 0 amide bonds. The molecule has 32 heavy (non-hydrogen) atoms. The molecule has 0 atom stereocenters. The first kappa shape index (κ1) is 25.0. The maximum Gasteiger partial charge on any atom is 0.573 e. The summed E-state index contributed by atoms with van der Waals surface area (Å²) < 4.78 is 68.1. The first-order valence-corrected chi connectivity index (χ1v) is 12.1. The lowest BCUT2D eigenvalue weighted by Gasteiger charge is -2.38. The summed E-state index contributed by atoms with van der Waals surface area (Å²) in [6.45, 7) is 2.08. The molecular formula is C26H35F5O. The molecule has 180 valence electrons. The molecule has 1 nitrogen and oxygen atoms in total. The van der Waals surface area contributed by atoms with E-state index in [4.69, 9.17) is 0 Å². The van der Waals surface area contributed by atoms with Gasteiger partial charge in [-0.15, -0.1) is 13.2 Å². The zero-order valence-electron chi connectivity index (χ0n) is 18.9. The van der Waals surface area contributed by atoms with Crippen molar-refractivity contribution in [3.05, 3.63) is 41.5 Å². The van der Waals surface area contributed by atoms with Crippen molar-refractivity contribution >= 4 is 0 Å². The van der Waals surface area contributed by atoms with Gasteiger partial charge < -0.3 is 4.74 Å². The lowest BCUT2D eigenvalue weighted by Crippen LogP contribution is -2.26. The van der Waals surface area contributed by atoms with E-state index in [2.05, 4.69) is 23.8 Å². The van der Waals surface area contributed by atoms with Crippen LogP contribution in [0.25, 0.3) is 0 Å². The SMILES string of the molecule is CC=CCCC1CCC(C2CCC(CCc3cc(F)c(OC(F)(F)F)c(F)c3)CC2)CC1. The number of allylic oxidation sites excluding steroid dienone is 2. The van der Waals surface area contributed by atoms with Crippen LogP contribution in [0.15, 0.2) is 24.3 Å². The number of hydrogen-bond acceptors (Lipinski definition) is 1. The summed E-state index contributed by atoms with van der Waals surface area (Å²) in [6.07, 6.45) is 13.2. The van der Waals surface area contributed by atoms with Crippen LogP contribution in [0.4, 0.5) is 22.0 Å². The minimum Gasteiger partial charge on any atom is -0.399 e. The van der Waals surface area contributed by atoms with Crippen LogP contribution in [-0.4, -0.2) is 6.36 Å². The quantitative estimate of drug-likeness (QED) is 0.279. The molecule has 0 aliphatic heterocycles. The third kappa shape index (κ3) is 7.48. The number of halogens is 5. The van der Waals surface area contributed by atoms with Gasteiger partial charge in [0.05, 0.1) is 0 Å². The smallest absolute Gasteiger partial charge is 0.399 e. The molecule has 0 bridgehead atoms. The highest BCUT2D eigenvalue weighted by Gasteiger charge is 2.34. The van der Waals surface area contributed by atoms with Crippen LogP contribution < -0.4 is 4.74 Å². The van der Waals surface area contributed by atoms with Gasteiger partial charge in [0.2, 0.25) is 5.75 Å². The van der Waals surface area contributed by atoms with Crippen molar-refractivity contribution in [2.45, 2.75) is 90.3 Å². The van der Waals surface area contributed by atoms with Crippen LogP contribution in [0, 0.1) is 35.3 Å². The highest BCUT2D eigenvalue weighted by molar-refractivity contribution is 5.31. The van der Waals surface area contributed by atoms with Gasteiger partial charge in [-0.3, -0.25) is 0 Å². The lowest BCUT2D eigenvalue weighted by molar-refractivity contribution is -0.276. The molecule has 0 N–H and O–H groups in total. The molecule has 0 unspecified atom stereocenters. The normalized spacial score (nSPS) is 27.1. The average molecular weight is 459 g/mol. The van der Waals surface area contributed by atoms with E-state index in [0.717, 1.165) is 49.1 Å². The van der Waals surface area contributed by atoms with Crippen molar-refractivity contribution in [3.63, 3.8) is 0 Å². The monoisotopic (exact) mass is 458 g/mol. The lowest BCUT2D eigenvalue weighted by atomic mass is 9.68. The van der Waals surface area contributed by atoms with Gasteiger partial charge in [0, 0.05) is 0 Å².